The highest BCUT2D eigenvalue weighted by Gasteiger charge is 2.28. The number of rotatable bonds is 6. The van der Waals surface area contributed by atoms with E-state index < -0.39 is 47.9 Å². The van der Waals surface area contributed by atoms with Crippen LogP contribution in [-0.2, 0) is 33.1 Å². The lowest BCUT2D eigenvalue weighted by Gasteiger charge is -2.17. The molecule has 4 aromatic carbocycles. The van der Waals surface area contributed by atoms with E-state index >= 15 is 0 Å². The number of hydrogen-bond acceptors (Lipinski definition) is 9. The molecule has 17 heteroatoms. The van der Waals surface area contributed by atoms with E-state index in [0.717, 1.165) is 12.2 Å². The molecular formula is C35H26N4O11S2. The second-order valence-corrected chi connectivity index (χ2v) is 14.3. The molecule has 0 heterocycles. The number of benzene rings is 4. The number of nitrogens with one attached hydrogen (secondary N) is 2. The molecule has 0 saturated heterocycles. The number of hydrogen-bond donors (Lipinski definition) is 6. The fraction of sp³-hybridized carbons (Fsp3) is 0.0571. The monoisotopic (exact) mass is 742 g/mol. The Bertz CT molecular complexity index is 2350. The zero-order valence-corrected chi connectivity index (χ0v) is 28.1. The summed E-state index contributed by atoms with van der Waals surface area (Å²) in [5.74, 6) is -1.77. The van der Waals surface area contributed by atoms with Gasteiger partial charge in [-0.2, -0.15) is 16.8 Å². The molecule has 2 aliphatic rings. The maximum Gasteiger partial charge on any atom is 0.323 e. The van der Waals surface area contributed by atoms with Crippen molar-refractivity contribution in [3.63, 3.8) is 0 Å². The molecule has 0 aromatic heterocycles. The summed E-state index contributed by atoms with van der Waals surface area (Å²) in [6, 6.07) is 18.8. The number of amides is 4. The van der Waals surface area contributed by atoms with Gasteiger partial charge in [0.25, 0.3) is 32.1 Å². The Balaban J connectivity index is 1.10. The zero-order chi connectivity index (χ0) is 37.4. The average Bonchev–Trinajstić information content (AvgIpc) is 3.07. The molecule has 6 N–H and O–H groups in total. The van der Waals surface area contributed by atoms with E-state index in [4.69, 9.17) is 0 Å². The number of carbonyl (C=O) groups is 3. The van der Waals surface area contributed by atoms with Crippen molar-refractivity contribution in [2.45, 2.75) is 12.8 Å². The Hall–Kier alpha value is -6.27. The van der Waals surface area contributed by atoms with E-state index in [1.165, 1.54) is 84.9 Å². The number of aliphatic imine (C=N–C) groups is 2. The third-order valence-corrected chi connectivity index (χ3v) is 9.74. The van der Waals surface area contributed by atoms with Crippen molar-refractivity contribution in [3.8, 4) is 11.5 Å². The first-order valence-corrected chi connectivity index (χ1v) is 18.0. The Morgan fingerprint density at radius 3 is 1.27 bits per heavy atom. The Morgan fingerprint density at radius 1 is 0.558 bits per heavy atom. The van der Waals surface area contributed by atoms with Crippen LogP contribution < -0.4 is 10.6 Å². The number of aromatic hydroxyl groups is 2. The summed E-state index contributed by atoms with van der Waals surface area (Å²) < 4.78 is 67.5. The Labute approximate surface area is 295 Å². The lowest BCUT2D eigenvalue weighted by Crippen LogP contribution is -2.21. The van der Waals surface area contributed by atoms with Crippen molar-refractivity contribution >= 4 is 73.0 Å². The van der Waals surface area contributed by atoms with Crippen molar-refractivity contribution in [2.24, 2.45) is 9.98 Å². The van der Waals surface area contributed by atoms with Gasteiger partial charge >= 0.3 is 6.03 Å². The van der Waals surface area contributed by atoms with Crippen LogP contribution in [-0.4, -0.2) is 65.4 Å². The van der Waals surface area contributed by atoms with Gasteiger partial charge in [-0.1, -0.05) is 12.1 Å². The van der Waals surface area contributed by atoms with Crippen LogP contribution in [0.25, 0.3) is 12.2 Å². The molecule has 52 heavy (non-hydrogen) atoms. The van der Waals surface area contributed by atoms with Gasteiger partial charge in [0.05, 0.1) is 11.4 Å². The molecule has 0 unspecified atom stereocenters. The molecule has 0 bridgehead atoms. The summed E-state index contributed by atoms with van der Waals surface area (Å²) in [6.07, 6.45) is 2.04. The first-order chi connectivity index (χ1) is 24.5. The third-order valence-electron chi connectivity index (χ3n) is 7.92. The Kier molecular flexibility index (Phi) is 9.44. The van der Waals surface area contributed by atoms with Crippen LogP contribution in [0.5, 0.6) is 11.5 Å². The predicted octanol–water partition coefficient (Wildman–Crippen LogP) is 4.87. The van der Waals surface area contributed by atoms with Gasteiger partial charge in [0.2, 0.25) is 0 Å². The van der Waals surface area contributed by atoms with Crippen LogP contribution in [0.1, 0.15) is 43.0 Å². The summed E-state index contributed by atoms with van der Waals surface area (Å²) in [7, 11) is -9.46. The molecular weight excluding hydrogens is 717 g/mol. The molecule has 2 aliphatic carbocycles. The van der Waals surface area contributed by atoms with Gasteiger partial charge in [-0.25, -0.2) is 14.8 Å². The molecule has 4 aromatic rings. The maximum absolute atomic E-state index is 12.9. The van der Waals surface area contributed by atoms with Crippen molar-refractivity contribution in [1.29, 1.82) is 0 Å². The molecule has 0 aliphatic heterocycles. The number of phenolic OH excluding ortho intramolecular Hbond substituents is 2. The minimum Gasteiger partial charge on any atom is -0.508 e. The van der Waals surface area contributed by atoms with Crippen LogP contribution in [0.3, 0.4) is 0 Å². The van der Waals surface area contributed by atoms with Gasteiger partial charge < -0.3 is 20.8 Å². The van der Waals surface area contributed by atoms with E-state index in [0.29, 0.717) is 22.3 Å². The fourth-order valence-corrected chi connectivity index (χ4v) is 6.84. The summed E-state index contributed by atoms with van der Waals surface area (Å²) in [5.41, 5.74) is 2.08. The standard InChI is InChI=1S/C35H26N4O11S2/c40-27-11-5-21-17-31(51(45,46)47)29(15-23(21)13-27)38-33(42)19-1-7-25(8-2-19)36-35(44)37-26-9-3-20(4-10-26)34(43)39-30-16-24-14-28(41)12-6-22(24)18-32(30)52(48,49)50/h1-14,17-18,40-41H,15-16H2,(H2,36,37,44)(H,45,46,47)(H,48,49,50). The molecule has 0 radical (unpaired) electrons. The quantitative estimate of drug-likeness (QED) is 0.145. The number of urea groups is 1. The van der Waals surface area contributed by atoms with Gasteiger partial charge in [0.1, 0.15) is 21.3 Å². The van der Waals surface area contributed by atoms with Crippen LogP contribution in [0.2, 0.25) is 0 Å². The van der Waals surface area contributed by atoms with Gasteiger partial charge in [0.15, 0.2) is 0 Å². The van der Waals surface area contributed by atoms with Gasteiger partial charge in [0, 0.05) is 35.3 Å². The summed E-state index contributed by atoms with van der Waals surface area (Å²) in [6.45, 7) is 0. The van der Waals surface area contributed by atoms with Crippen molar-refractivity contribution in [3.05, 3.63) is 128 Å². The third kappa shape index (κ3) is 8.03. The summed E-state index contributed by atoms with van der Waals surface area (Å²) in [5, 5.41) is 24.7. The number of allylic oxidation sites excluding steroid dienone is 2. The van der Waals surface area contributed by atoms with Crippen LogP contribution in [0, 0.1) is 0 Å². The SMILES string of the molecule is O=C(Nc1ccc(C(=O)N=C2Cc3cc(O)ccc3C=C2S(=O)(=O)O)cc1)Nc1ccc(C(=O)N=C2Cc3cc(O)ccc3C=C2S(=O)(=O)O)cc1. The minimum atomic E-state index is -4.73. The van der Waals surface area contributed by atoms with Crippen LogP contribution in [0.4, 0.5) is 16.2 Å². The van der Waals surface area contributed by atoms with E-state index in [2.05, 4.69) is 20.6 Å². The van der Waals surface area contributed by atoms with Crippen molar-refractivity contribution in [1.82, 2.24) is 0 Å². The largest absolute Gasteiger partial charge is 0.508 e. The highest BCUT2D eigenvalue weighted by Crippen LogP contribution is 2.30. The van der Waals surface area contributed by atoms with Gasteiger partial charge in [-0.3, -0.25) is 18.7 Å². The molecule has 4 amide bonds. The minimum absolute atomic E-state index is 0.0495. The fourth-order valence-electron chi connectivity index (χ4n) is 5.45. The molecule has 0 saturated carbocycles. The first-order valence-electron chi connectivity index (χ1n) is 15.1. The highest BCUT2D eigenvalue weighted by atomic mass is 32.2. The van der Waals surface area contributed by atoms with E-state index in [9.17, 15) is 50.5 Å². The second kappa shape index (κ2) is 13.8. The van der Waals surface area contributed by atoms with Crippen molar-refractivity contribution in [2.75, 3.05) is 10.6 Å². The predicted molar refractivity (Wildman–Crippen MR) is 192 cm³/mol. The average molecular weight is 743 g/mol. The van der Waals surface area contributed by atoms with E-state index in [-0.39, 0.29) is 58.3 Å². The van der Waals surface area contributed by atoms with Crippen LogP contribution >= 0.6 is 0 Å². The van der Waals surface area contributed by atoms with Crippen molar-refractivity contribution < 1.29 is 50.5 Å². The summed E-state index contributed by atoms with van der Waals surface area (Å²) >= 11 is 0. The smallest absolute Gasteiger partial charge is 0.323 e. The van der Waals surface area contributed by atoms with Gasteiger partial charge in [-0.05, 0) is 107 Å². The normalized spacial score (nSPS) is 15.6. The highest BCUT2D eigenvalue weighted by molar-refractivity contribution is 7.91. The van der Waals surface area contributed by atoms with Gasteiger partial charge in [-0.15, -0.1) is 0 Å². The summed E-state index contributed by atoms with van der Waals surface area (Å²) in [4.78, 5) is 45.2. The molecule has 0 spiro atoms. The lowest BCUT2D eigenvalue weighted by atomic mass is 9.95. The second-order valence-electron chi connectivity index (χ2n) is 11.5. The number of carbonyl (C=O) groups excluding carboxylic acids is 3. The number of anilines is 2. The lowest BCUT2D eigenvalue weighted by molar-refractivity contribution is 0.0994. The molecule has 6 rings (SSSR count). The van der Waals surface area contributed by atoms with Crippen LogP contribution in [0.15, 0.2) is 105 Å². The number of nitrogens with zero attached hydrogens (tertiary/aromatic N) is 2. The number of phenols is 2. The molecule has 0 atom stereocenters. The Morgan fingerprint density at radius 2 is 0.923 bits per heavy atom. The van der Waals surface area contributed by atoms with E-state index in [1.54, 1.807) is 0 Å². The molecule has 0 fully saturated rings. The number of fused-ring (bicyclic) bond motifs is 2. The topological polar surface area (TPSA) is 249 Å². The van der Waals surface area contributed by atoms with E-state index in [1.807, 2.05) is 0 Å². The molecule has 15 nitrogen and oxygen atoms in total. The molecule has 264 valence electrons. The zero-order valence-electron chi connectivity index (χ0n) is 26.5. The first kappa shape index (κ1) is 35.6. The maximum atomic E-state index is 12.9.